The van der Waals surface area contributed by atoms with Crippen molar-refractivity contribution in [2.45, 2.75) is 19.1 Å². The minimum Gasteiger partial charge on any atom is -0.163 e. The Morgan fingerprint density at radius 3 is 2.90 bits per heavy atom. The van der Waals surface area contributed by atoms with E-state index in [-0.39, 0.29) is 0 Å². The molecule has 0 aromatic carbocycles. The summed E-state index contributed by atoms with van der Waals surface area (Å²) in [6.07, 6.45) is 0. The van der Waals surface area contributed by atoms with Crippen LogP contribution in [0.15, 0.2) is 15.4 Å². The Kier molecular flexibility index (Phi) is 2.86. The maximum Gasteiger partial charge on any atom is 0.103 e. The molecule has 0 spiro atoms. The summed E-state index contributed by atoms with van der Waals surface area (Å²) < 4.78 is 0. The van der Waals surface area contributed by atoms with Crippen LogP contribution in [0.25, 0.3) is 0 Å². The summed E-state index contributed by atoms with van der Waals surface area (Å²) in [6.45, 7) is 5.06. The van der Waals surface area contributed by atoms with Crippen molar-refractivity contribution in [3.8, 4) is 0 Å². The summed E-state index contributed by atoms with van der Waals surface area (Å²) in [6, 6.07) is 0. The van der Waals surface area contributed by atoms with Crippen molar-refractivity contribution >= 4 is 17.5 Å². The van der Waals surface area contributed by atoms with E-state index in [2.05, 4.69) is 29.3 Å². The van der Waals surface area contributed by atoms with Gasteiger partial charge in [-0.05, 0) is 10.5 Å². The first-order valence-electron chi connectivity index (χ1n) is 3.33. The minimum atomic E-state index is 0.670. The molecule has 0 unspecified atom stereocenters. The predicted octanol–water partition coefficient (Wildman–Crippen LogP) is 1.95. The zero-order chi connectivity index (χ0) is 7.40. The lowest BCUT2D eigenvalue weighted by Crippen LogP contribution is -2.04. The Morgan fingerprint density at radius 1 is 1.60 bits per heavy atom. The summed E-state index contributed by atoms with van der Waals surface area (Å²) in [5.41, 5.74) is 1.10. The highest BCUT2D eigenvalue weighted by atomic mass is 32.2. The van der Waals surface area contributed by atoms with Gasteiger partial charge < -0.3 is 0 Å². The van der Waals surface area contributed by atoms with Gasteiger partial charge in [0, 0.05) is 5.75 Å². The molecule has 0 aromatic heterocycles. The lowest BCUT2D eigenvalue weighted by Gasteiger charge is -2.01. The normalized spacial score (nSPS) is 16.5. The number of hydrogen-bond acceptors (Lipinski definition) is 4. The fourth-order valence-electron chi connectivity index (χ4n) is 0.577. The molecule has 0 saturated heterocycles. The summed E-state index contributed by atoms with van der Waals surface area (Å²) in [5.74, 6) is 0.977. The molecule has 0 bridgehead atoms. The largest absolute Gasteiger partial charge is 0.163 e. The molecular weight excluding hydrogens is 146 g/mol. The molecule has 0 N–H and O–H groups in total. The monoisotopic (exact) mass is 157 g/mol. The topological polar surface area (TPSA) is 37.1 Å². The van der Waals surface area contributed by atoms with Crippen molar-refractivity contribution in [1.29, 1.82) is 0 Å². The van der Waals surface area contributed by atoms with Crippen LogP contribution in [0.1, 0.15) is 13.8 Å². The van der Waals surface area contributed by atoms with Crippen LogP contribution < -0.4 is 0 Å². The van der Waals surface area contributed by atoms with E-state index in [1.165, 1.54) is 0 Å². The number of nitrogens with zero attached hydrogens (tertiary/aromatic N) is 3. The zero-order valence-corrected chi connectivity index (χ0v) is 7.06. The fourth-order valence-corrected chi connectivity index (χ4v) is 1.25. The smallest absolute Gasteiger partial charge is 0.103 e. The first-order chi connectivity index (χ1) is 4.79. The maximum atomic E-state index is 3.86. The van der Waals surface area contributed by atoms with Gasteiger partial charge in [-0.15, -0.1) is 5.10 Å². The summed E-state index contributed by atoms with van der Waals surface area (Å²) in [4.78, 5) is 0. The van der Waals surface area contributed by atoms with Crippen molar-refractivity contribution in [1.82, 2.24) is 0 Å². The van der Waals surface area contributed by atoms with E-state index in [0.29, 0.717) is 11.8 Å². The Hall–Kier alpha value is -0.380. The van der Waals surface area contributed by atoms with Gasteiger partial charge in [-0.2, -0.15) is 16.9 Å². The maximum absolute atomic E-state index is 3.86. The molecule has 56 valence electrons. The van der Waals surface area contributed by atoms with Gasteiger partial charge >= 0.3 is 0 Å². The molecule has 1 heterocycles. The highest BCUT2D eigenvalue weighted by molar-refractivity contribution is 8.00. The van der Waals surface area contributed by atoms with Crippen LogP contribution in [-0.4, -0.2) is 23.3 Å². The van der Waals surface area contributed by atoms with Gasteiger partial charge in [-0.1, -0.05) is 13.8 Å². The summed E-state index contributed by atoms with van der Waals surface area (Å²) >= 11 is 1.88. The molecule has 1 aliphatic heterocycles. The molecule has 4 heteroatoms. The van der Waals surface area contributed by atoms with E-state index in [4.69, 9.17) is 0 Å². The van der Waals surface area contributed by atoms with E-state index < -0.39 is 0 Å². The van der Waals surface area contributed by atoms with Gasteiger partial charge in [0.1, 0.15) is 6.54 Å². The van der Waals surface area contributed by atoms with Crippen molar-refractivity contribution in [3.05, 3.63) is 0 Å². The molecule has 0 aliphatic carbocycles. The second kappa shape index (κ2) is 3.71. The van der Waals surface area contributed by atoms with E-state index in [9.17, 15) is 0 Å². The van der Waals surface area contributed by atoms with E-state index in [1.807, 2.05) is 11.8 Å². The Bertz CT molecular complexity index is 162. The molecule has 10 heavy (non-hydrogen) atoms. The van der Waals surface area contributed by atoms with Crippen LogP contribution >= 0.6 is 11.8 Å². The number of rotatable bonds is 3. The quantitative estimate of drug-likeness (QED) is 0.617. The predicted molar refractivity (Wildman–Crippen MR) is 44.8 cm³/mol. The van der Waals surface area contributed by atoms with E-state index in [1.54, 1.807) is 0 Å². The molecule has 0 aromatic rings. The molecule has 1 rings (SSSR count). The van der Waals surface area contributed by atoms with Crippen LogP contribution in [-0.2, 0) is 0 Å². The summed E-state index contributed by atoms with van der Waals surface area (Å²) in [7, 11) is 0. The summed E-state index contributed by atoms with van der Waals surface area (Å²) in [5, 5.41) is 11.8. The Balaban J connectivity index is 2.15. The van der Waals surface area contributed by atoms with Gasteiger partial charge in [0.25, 0.3) is 0 Å². The molecular formula is C6H11N3S. The first-order valence-corrected chi connectivity index (χ1v) is 4.37. The van der Waals surface area contributed by atoms with Crippen LogP contribution in [0.5, 0.6) is 0 Å². The van der Waals surface area contributed by atoms with Crippen molar-refractivity contribution in [3.63, 3.8) is 0 Å². The van der Waals surface area contributed by atoms with Gasteiger partial charge in [-0.3, -0.25) is 0 Å². The van der Waals surface area contributed by atoms with Crippen LogP contribution in [0.2, 0.25) is 0 Å². The van der Waals surface area contributed by atoms with Crippen LogP contribution in [0.3, 0.4) is 0 Å². The molecule has 0 saturated carbocycles. The van der Waals surface area contributed by atoms with Gasteiger partial charge in [0.2, 0.25) is 0 Å². The average molecular weight is 157 g/mol. The molecule has 0 amide bonds. The Labute approximate surface area is 65.0 Å². The average Bonchev–Trinajstić information content (AvgIpc) is 2.34. The third-order valence-electron chi connectivity index (χ3n) is 1.09. The van der Waals surface area contributed by atoms with Gasteiger partial charge in [0.05, 0.1) is 5.71 Å². The van der Waals surface area contributed by atoms with E-state index in [0.717, 1.165) is 11.5 Å². The van der Waals surface area contributed by atoms with Gasteiger partial charge in [0.15, 0.2) is 0 Å². The third kappa shape index (κ3) is 2.47. The Morgan fingerprint density at radius 2 is 2.40 bits per heavy atom. The van der Waals surface area contributed by atoms with Crippen molar-refractivity contribution in [2.75, 3.05) is 12.3 Å². The zero-order valence-electron chi connectivity index (χ0n) is 6.24. The second-order valence-corrected chi connectivity index (χ2v) is 3.98. The van der Waals surface area contributed by atoms with Crippen LogP contribution in [0, 0.1) is 0 Å². The van der Waals surface area contributed by atoms with Crippen molar-refractivity contribution in [2.24, 2.45) is 15.4 Å². The fraction of sp³-hybridized carbons (Fsp3) is 0.833. The lowest BCUT2D eigenvalue weighted by atomic mass is 10.4. The van der Waals surface area contributed by atoms with Crippen LogP contribution in [0.4, 0.5) is 0 Å². The standard InChI is InChI=1S/C6H11N3S/c1-5(2)10-4-6-3-7-9-8-6/h5H,3-4H2,1-2H3. The molecule has 0 atom stereocenters. The minimum absolute atomic E-state index is 0.670. The lowest BCUT2D eigenvalue weighted by molar-refractivity contribution is 1.06. The third-order valence-corrected chi connectivity index (χ3v) is 2.25. The first kappa shape index (κ1) is 7.72. The second-order valence-electron chi connectivity index (χ2n) is 2.41. The van der Waals surface area contributed by atoms with E-state index >= 15 is 0 Å². The van der Waals surface area contributed by atoms with Gasteiger partial charge in [-0.25, -0.2) is 0 Å². The SMILES string of the molecule is CC(C)SCC1=NN=NC1. The molecule has 0 fully saturated rings. The number of hydrogen-bond donors (Lipinski definition) is 0. The highest BCUT2D eigenvalue weighted by Gasteiger charge is 2.04. The highest BCUT2D eigenvalue weighted by Crippen LogP contribution is 2.10. The van der Waals surface area contributed by atoms with Crippen molar-refractivity contribution < 1.29 is 0 Å². The molecule has 1 aliphatic rings. The molecule has 3 nitrogen and oxygen atoms in total. The molecule has 0 radical (unpaired) electrons. The number of thioether (sulfide) groups is 1.